The number of carboxylic acids is 1. The number of nitrogens with zero attached hydrogens (tertiary/aromatic N) is 1. The molecule has 6 heteroatoms. The number of aliphatic carboxylic acids is 1. The summed E-state index contributed by atoms with van der Waals surface area (Å²) in [4.78, 5) is 25.7. The van der Waals surface area contributed by atoms with Crippen molar-refractivity contribution in [3.05, 3.63) is 71.8 Å². The Morgan fingerprint density at radius 1 is 1.04 bits per heavy atom. The van der Waals surface area contributed by atoms with Gasteiger partial charge in [-0.25, -0.2) is 9.59 Å². The molecule has 0 unspecified atom stereocenters. The Morgan fingerprint density at radius 3 is 2.32 bits per heavy atom. The highest BCUT2D eigenvalue weighted by Gasteiger charge is 2.40. The van der Waals surface area contributed by atoms with E-state index in [0.29, 0.717) is 11.5 Å². The van der Waals surface area contributed by atoms with E-state index in [-0.39, 0.29) is 12.6 Å². The first-order valence-corrected chi connectivity index (χ1v) is 9.17. The van der Waals surface area contributed by atoms with Gasteiger partial charge in [-0.3, -0.25) is 4.90 Å². The van der Waals surface area contributed by atoms with Gasteiger partial charge in [-0.15, -0.1) is 0 Å². The molecular formula is C19H19NO4S. The lowest BCUT2D eigenvalue weighted by Gasteiger charge is -2.39. The lowest BCUT2D eigenvalue weighted by molar-refractivity contribution is -0.142. The molecule has 1 fully saturated rings. The molecule has 5 nitrogen and oxygen atoms in total. The molecule has 0 spiro atoms. The van der Waals surface area contributed by atoms with E-state index in [1.165, 1.54) is 16.7 Å². The molecule has 25 heavy (non-hydrogen) atoms. The fraction of sp³-hybridized carbons (Fsp3) is 0.263. The molecule has 0 aromatic heterocycles. The van der Waals surface area contributed by atoms with Gasteiger partial charge < -0.3 is 9.84 Å². The molecule has 0 saturated carbocycles. The molecule has 3 rings (SSSR count). The molecular weight excluding hydrogens is 338 g/mol. The monoisotopic (exact) mass is 357 g/mol. The van der Waals surface area contributed by atoms with Crippen LogP contribution in [0.3, 0.4) is 0 Å². The van der Waals surface area contributed by atoms with Gasteiger partial charge in [0.1, 0.15) is 12.6 Å². The first-order chi connectivity index (χ1) is 12.2. The summed E-state index contributed by atoms with van der Waals surface area (Å²) in [6.45, 7) is 0.122. The van der Waals surface area contributed by atoms with Crippen molar-refractivity contribution < 1.29 is 19.4 Å². The maximum absolute atomic E-state index is 12.7. The second-order valence-electron chi connectivity index (χ2n) is 5.77. The summed E-state index contributed by atoms with van der Waals surface area (Å²) in [6, 6.07) is 17.6. The van der Waals surface area contributed by atoms with Crippen molar-refractivity contribution in [1.82, 2.24) is 4.90 Å². The van der Waals surface area contributed by atoms with Crippen LogP contribution in [-0.2, 0) is 16.1 Å². The first kappa shape index (κ1) is 17.4. The normalized spacial score (nSPS) is 20.1. The Hall–Kier alpha value is -2.47. The van der Waals surface area contributed by atoms with Crippen LogP contribution in [-0.4, -0.2) is 39.6 Å². The molecule has 2 aromatic carbocycles. The minimum absolute atomic E-state index is 0.122. The predicted octanol–water partition coefficient (Wildman–Crippen LogP) is 3.57. The van der Waals surface area contributed by atoms with E-state index >= 15 is 0 Å². The molecule has 1 N–H and O–H groups in total. The van der Waals surface area contributed by atoms with Crippen LogP contribution in [0, 0.1) is 0 Å². The SMILES string of the molecule is O=C(O)[C@@H]1CSC[C@H](c2ccccc2)N1C(=O)OCc1ccccc1. The molecule has 0 radical (unpaired) electrons. The summed E-state index contributed by atoms with van der Waals surface area (Å²) in [5, 5.41) is 9.54. The zero-order chi connectivity index (χ0) is 17.6. The highest BCUT2D eigenvalue weighted by molar-refractivity contribution is 7.99. The molecule has 2 atom stereocenters. The lowest BCUT2D eigenvalue weighted by Crippen LogP contribution is -2.52. The fourth-order valence-corrected chi connectivity index (χ4v) is 4.08. The summed E-state index contributed by atoms with van der Waals surface area (Å²) < 4.78 is 5.41. The van der Waals surface area contributed by atoms with Crippen LogP contribution in [0.1, 0.15) is 17.2 Å². The van der Waals surface area contributed by atoms with Crippen molar-refractivity contribution in [3.8, 4) is 0 Å². The highest BCUT2D eigenvalue weighted by atomic mass is 32.2. The van der Waals surface area contributed by atoms with Crippen LogP contribution in [0.4, 0.5) is 4.79 Å². The van der Waals surface area contributed by atoms with E-state index < -0.39 is 18.1 Å². The lowest BCUT2D eigenvalue weighted by atomic mass is 10.1. The predicted molar refractivity (Wildman–Crippen MR) is 96.4 cm³/mol. The Morgan fingerprint density at radius 2 is 1.68 bits per heavy atom. The summed E-state index contributed by atoms with van der Waals surface area (Å²) in [5.41, 5.74) is 1.78. The van der Waals surface area contributed by atoms with Crippen molar-refractivity contribution in [1.29, 1.82) is 0 Å². The van der Waals surface area contributed by atoms with Crippen molar-refractivity contribution in [2.75, 3.05) is 11.5 Å². The van der Waals surface area contributed by atoms with Gasteiger partial charge in [0.05, 0.1) is 6.04 Å². The van der Waals surface area contributed by atoms with Crippen LogP contribution in [0.2, 0.25) is 0 Å². The van der Waals surface area contributed by atoms with Crippen LogP contribution < -0.4 is 0 Å². The molecule has 0 aliphatic carbocycles. The average Bonchev–Trinajstić information content (AvgIpc) is 2.67. The number of ether oxygens (including phenoxy) is 1. The summed E-state index contributed by atoms with van der Waals surface area (Å²) in [5.74, 6) is -0.00218. The maximum atomic E-state index is 12.7. The molecule has 2 aromatic rings. The Balaban J connectivity index is 1.80. The fourth-order valence-electron chi connectivity index (χ4n) is 2.84. The van der Waals surface area contributed by atoms with Gasteiger partial charge in [-0.05, 0) is 11.1 Å². The third kappa shape index (κ3) is 4.14. The van der Waals surface area contributed by atoms with Gasteiger partial charge in [-0.1, -0.05) is 60.7 Å². The summed E-state index contributed by atoms with van der Waals surface area (Å²) >= 11 is 1.54. The number of hydrogen-bond donors (Lipinski definition) is 1. The summed E-state index contributed by atoms with van der Waals surface area (Å²) in [6.07, 6.45) is -0.592. The molecule has 1 heterocycles. The van der Waals surface area contributed by atoms with E-state index in [1.54, 1.807) is 0 Å². The largest absolute Gasteiger partial charge is 0.480 e. The van der Waals surface area contributed by atoms with Gasteiger partial charge in [0.15, 0.2) is 0 Å². The van der Waals surface area contributed by atoms with E-state index in [9.17, 15) is 14.7 Å². The number of thioether (sulfide) groups is 1. The molecule has 1 aliphatic rings. The van der Waals surface area contributed by atoms with Crippen molar-refractivity contribution in [2.24, 2.45) is 0 Å². The van der Waals surface area contributed by atoms with Crippen LogP contribution >= 0.6 is 11.8 Å². The van der Waals surface area contributed by atoms with Gasteiger partial charge in [0, 0.05) is 11.5 Å². The van der Waals surface area contributed by atoms with Crippen molar-refractivity contribution >= 4 is 23.8 Å². The number of carbonyl (C=O) groups excluding carboxylic acids is 1. The first-order valence-electron chi connectivity index (χ1n) is 8.01. The van der Waals surface area contributed by atoms with Crippen molar-refractivity contribution in [2.45, 2.75) is 18.7 Å². The average molecular weight is 357 g/mol. The minimum atomic E-state index is -1.01. The van der Waals surface area contributed by atoms with Crippen molar-refractivity contribution in [3.63, 3.8) is 0 Å². The third-order valence-electron chi connectivity index (χ3n) is 4.11. The Bertz CT molecular complexity index is 723. The third-order valence-corrected chi connectivity index (χ3v) is 5.21. The molecule has 130 valence electrons. The smallest absolute Gasteiger partial charge is 0.411 e. The van der Waals surface area contributed by atoms with E-state index in [2.05, 4.69) is 0 Å². The number of amides is 1. The number of carboxylic acid groups (broad SMARTS) is 1. The zero-order valence-corrected chi connectivity index (χ0v) is 14.4. The highest BCUT2D eigenvalue weighted by Crippen LogP contribution is 2.33. The second-order valence-corrected chi connectivity index (χ2v) is 6.84. The number of benzene rings is 2. The van der Waals surface area contributed by atoms with E-state index in [4.69, 9.17) is 4.74 Å². The number of carbonyl (C=O) groups is 2. The standard InChI is InChI=1S/C19H19NO4S/c21-18(22)17-13-25-12-16(15-9-5-2-6-10-15)20(17)19(23)24-11-14-7-3-1-4-8-14/h1-10,16-17H,11-13H2,(H,21,22)/t16-,17+/m1/s1. The molecule has 0 bridgehead atoms. The Labute approximate surface area is 150 Å². The van der Waals surface area contributed by atoms with Gasteiger partial charge in [0.2, 0.25) is 0 Å². The van der Waals surface area contributed by atoms with Crippen LogP contribution in [0.25, 0.3) is 0 Å². The summed E-state index contributed by atoms with van der Waals surface area (Å²) in [7, 11) is 0. The zero-order valence-electron chi connectivity index (χ0n) is 13.6. The molecule has 1 aliphatic heterocycles. The van der Waals surface area contributed by atoms with Gasteiger partial charge in [-0.2, -0.15) is 11.8 Å². The molecule has 1 saturated heterocycles. The van der Waals surface area contributed by atoms with Crippen LogP contribution in [0.5, 0.6) is 0 Å². The number of hydrogen-bond acceptors (Lipinski definition) is 4. The maximum Gasteiger partial charge on any atom is 0.411 e. The second kappa shape index (κ2) is 8.07. The molecule has 1 amide bonds. The van der Waals surface area contributed by atoms with Crippen LogP contribution in [0.15, 0.2) is 60.7 Å². The minimum Gasteiger partial charge on any atom is -0.480 e. The Kier molecular flexibility index (Phi) is 5.60. The number of rotatable bonds is 4. The van der Waals surface area contributed by atoms with E-state index in [1.807, 2.05) is 60.7 Å². The van der Waals surface area contributed by atoms with Gasteiger partial charge >= 0.3 is 12.1 Å². The topological polar surface area (TPSA) is 66.8 Å². The van der Waals surface area contributed by atoms with Gasteiger partial charge in [0.25, 0.3) is 0 Å². The quantitative estimate of drug-likeness (QED) is 0.906. The van der Waals surface area contributed by atoms with E-state index in [0.717, 1.165) is 11.1 Å².